The van der Waals surface area contributed by atoms with E-state index in [1.54, 1.807) is 7.11 Å². The molecule has 0 aromatic heterocycles. The average Bonchev–Trinajstić information content (AvgIpc) is 2.27. The Bertz CT molecular complexity index is 293. The Labute approximate surface area is 91.1 Å². The van der Waals surface area contributed by atoms with E-state index in [0.717, 1.165) is 12.3 Å². The van der Waals surface area contributed by atoms with Crippen LogP contribution in [0.2, 0.25) is 0 Å². The minimum Gasteiger partial charge on any atom is -0.497 e. The van der Waals surface area contributed by atoms with Gasteiger partial charge in [0.15, 0.2) is 0 Å². The number of aliphatic hydroxyl groups excluding tert-OH is 1. The Morgan fingerprint density at radius 2 is 1.87 bits per heavy atom. The summed E-state index contributed by atoms with van der Waals surface area (Å²) in [4.78, 5) is 0. The summed E-state index contributed by atoms with van der Waals surface area (Å²) in [6, 6.07) is 7.89. The Morgan fingerprint density at radius 1 is 1.27 bits per heavy atom. The van der Waals surface area contributed by atoms with Crippen LogP contribution in [0, 0.1) is 0 Å². The van der Waals surface area contributed by atoms with E-state index in [-0.39, 0.29) is 12.1 Å². The number of aliphatic hydroxyl groups is 1. The monoisotopic (exact) mass is 209 g/mol. The summed E-state index contributed by atoms with van der Waals surface area (Å²) in [5.74, 6) is 0.861. The maximum atomic E-state index is 9.07. The normalized spacial score (nSPS) is 11.5. The molecule has 2 N–H and O–H groups in total. The van der Waals surface area contributed by atoms with Crippen LogP contribution < -0.4 is 10.1 Å². The molecule has 0 saturated carbocycles. The number of methoxy groups -OCH3 is 1. The molecule has 0 atom stereocenters. The predicted molar refractivity (Wildman–Crippen MR) is 61.0 cm³/mol. The highest BCUT2D eigenvalue weighted by Crippen LogP contribution is 2.12. The van der Waals surface area contributed by atoms with Gasteiger partial charge >= 0.3 is 0 Å². The molecule has 0 aliphatic carbocycles. The van der Waals surface area contributed by atoms with Gasteiger partial charge in [-0.1, -0.05) is 12.1 Å². The van der Waals surface area contributed by atoms with Gasteiger partial charge in [-0.2, -0.15) is 0 Å². The first-order valence-corrected chi connectivity index (χ1v) is 5.06. The second kappa shape index (κ2) is 5.14. The fraction of sp³-hybridized carbons (Fsp3) is 0.500. The zero-order valence-electron chi connectivity index (χ0n) is 9.58. The third kappa shape index (κ3) is 3.90. The first-order chi connectivity index (χ1) is 7.07. The summed E-state index contributed by atoms with van der Waals surface area (Å²) in [5.41, 5.74) is 0.942. The van der Waals surface area contributed by atoms with E-state index in [1.165, 1.54) is 5.56 Å². The molecule has 0 heterocycles. The number of rotatable bonds is 5. The van der Waals surface area contributed by atoms with Crippen molar-refractivity contribution in [3.05, 3.63) is 29.8 Å². The molecule has 3 heteroatoms. The van der Waals surface area contributed by atoms with Crippen LogP contribution in [0.15, 0.2) is 24.3 Å². The molecule has 0 bridgehead atoms. The number of ether oxygens (including phenoxy) is 1. The number of hydrogen-bond acceptors (Lipinski definition) is 3. The Morgan fingerprint density at radius 3 is 2.33 bits per heavy atom. The lowest BCUT2D eigenvalue weighted by molar-refractivity contribution is 0.187. The molecular formula is C12H19NO2. The lowest BCUT2D eigenvalue weighted by Crippen LogP contribution is -2.42. The fourth-order valence-electron chi connectivity index (χ4n) is 1.14. The highest BCUT2D eigenvalue weighted by atomic mass is 16.5. The second-order valence-corrected chi connectivity index (χ2v) is 4.24. The van der Waals surface area contributed by atoms with Crippen LogP contribution >= 0.6 is 0 Å². The van der Waals surface area contributed by atoms with Crippen LogP contribution in [0.3, 0.4) is 0 Å². The summed E-state index contributed by atoms with van der Waals surface area (Å²) < 4.78 is 5.08. The van der Waals surface area contributed by atoms with E-state index in [0.29, 0.717) is 0 Å². The van der Waals surface area contributed by atoms with Gasteiger partial charge in [0.05, 0.1) is 13.7 Å². The van der Waals surface area contributed by atoms with Crippen molar-refractivity contribution < 1.29 is 9.84 Å². The molecular weight excluding hydrogens is 190 g/mol. The molecule has 0 fully saturated rings. The van der Waals surface area contributed by atoms with Crippen LogP contribution in [0.1, 0.15) is 19.4 Å². The Kier molecular flexibility index (Phi) is 4.12. The van der Waals surface area contributed by atoms with Crippen LogP contribution in [0.4, 0.5) is 0 Å². The molecule has 0 radical (unpaired) electrons. The van der Waals surface area contributed by atoms with Gasteiger partial charge in [-0.05, 0) is 31.5 Å². The molecule has 0 unspecified atom stereocenters. The van der Waals surface area contributed by atoms with Gasteiger partial charge in [0.25, 0.3) is 0 Å². The third-order valence-electron chi connectivity index (χ3n) is 2.33. The van der Waals surface area contributed by atoms with Gasteiger partial charge in [-0.15, -0.1) is 0 Å². The summed E-state index contributed by atoms with van der Waals surface area (Å²) in [6.45, 7) is 4.81. The van der Waals surface area contributed by atoms with Gasteiger partial charge in [-0.25, -0.2) is 0 Å². The Balaban J connectivity index is 2.51. The van der Waals surface area contributed by atoms with Gasteiger partial charge in [0.2, 0.25) is 0 Å². The van der Waals surface area contributed by atoms with Crippen molar-refractivity contribution in [2.75, 3.05) is 13.7 Å². The maximum Gasteiger partial charge on any atom is 0.118 e. The summed E-state index contributed by atoms with van der Waals surface area (Å²) >= 11 is 0. The van der Waals surface area contributed by atoms with Crippen LogP contribution in [-0.2, 0) is 6.54 Å². The SMILES string of the molecule is COc1ccc(CNC(C)(C)CO)cc1. The average molecular weight is 209 g/mol. The summed E-state index contributed by atoms with van der Waals surface area (Å²) in [7, 11) is 1.65. The molecule has 0 amide bonds. The second-order valence-electron chi connectivity index (χ2n) is 4.24. The molecule has 15 heavy (non-hydrogen) atoms. The van der Waals surface area contributed by atoms with Crippen molar-refractivity contribution in [2.24, 2.45) is 0 Å². The van der Waals surface area contributed by atoms with Crippen molar-refractivity contribution in [3.8, 4) is 5.75 Å². The van der Waals surface area contributed by atoms with Crippen molar-refractivity contribution in [3.63, 3.8) is 0 Å². The first kappa shape index (κ1) is 12.0. The molecule has 84 valence electrons. The lowest BCUT2D eigenvalue weighted by Gasteiger charge is -2.23. The summed E-state index contributed by atoms with van der Waals surface area (Å²) in [5, 5.41) is 12.3. The van der Waals surface area contributed by atoms with Crippen molar-refractivity contribution in [1.82, 2.24) is 5.32 Å². The zero-order valence-corrected chi connectivity index (χ0v) is 9.58. The zero-order chi connectivity index (χ0) is 11.3. The van der Waals surface area contributed by atoms with Crippen LogP contribution in [-0.4, -0.2) is 24.4 Å². The topological polar surface area (TPSA) is 41.5 Å². The highest BCUT2D eigenvalue weighted by Gasteiger charge is 2.14. The molecule has 0 saturated heterocycles. The van der Waals surface area contributed by atoms with Gasteiger partial charge in [0, 0.05) is 12.1 Å². The number of nitrogens with one attached hydrogen (secondary N) is 1. The molecule has 1 aromatic carbocycles. The summed E-state index contributed by atoms with van der Waals surface area (Å²) in [6.07, 6.45) is 0. The molecule has 1 rings (SSSR count). The quantitative estimate of drug-likeness (QED) is 0.773. The molecule has 3 nitrogen and oxygen atoms in total. The van der Waals surface area contributed by atoms with Crippen molar-refractivity contribution in [2.45, 2.75) is 25.9 Å². The third-order valence-corrected chi connectivity index (χ3v) is 2.33. The van der Waals surface area contributed by atoms with Gasteiger partial charge in [0.1, 0.15) is 5.75 Å². The van der Waals surface area contributed by atoms with Gasteiger partial charge in [-0.3, -0.25) is 0 Å². The molecule has 0 spiro atoms. The predicted octanol–water partition coefficient (Wildman–Crippen LogP) is 1.56. The molecule has 0 aliphatic heterocycles. The standard InChI is InChI=1S/C12H19NO2/c1-12(2,9-14)13-8-10-4-6-11(15-3)7-5-10/h4-7,13-14H,8-9H2,1-3H3. The smallest absolute Gasteiger partial charge is 0.118 e. The van der Waals surface area contributed by atoms with Crippen LogP contribution in [0.5, 0.6) is 5.75 Å². The minimum atomic E-state index is -0.236. The number of hydrogen-bond donors (Lipinski definition) is 2. The first-order valence-electron chi connectivity index (χ1n) is 5.06. The highest BCUT2D eigenvalue weighted by molar-refractivity contribution is 5.27. The number of benzene rings is 1. The molecule has 1 aromatic rings. The van der Waals surface area contributed by atoms with E-state index < -0.39 is 0 Å². The van der Waals surface area contributed by atoms with E-state index in [2.05, 4.69) is 5.32 Å². The maximum absolute atomic E-state index is 9.07. The van der Waals surface area contributed by atoms with E-state index >= 15 is 0 Å². The fourth-order valence-corrected chi connectivity index (χ4v) is 1.14. The van der Waals surface area contributed by atoms with Gasteiger partial charge < -0.3 is 15.2 Å². The van der Waals surface area contributed by atoms with E-state index in [9.17, 15) is 0 Å². The minimum absolute atomic E-state index is 0.128. The largest absolute Gasteiger partial charge is 0.497 e. The van der Waals surface area contributed by atoms with Crippen molar-refractivity contribution >= 4 is 0 Å². The Hall–Kier alpha value is -1.06. The van der Waals surface area contributed by atoms with E-state index in [1.807, 2.05) is 38.1 Å². The van der Waals surface area contributed by atoms with E-state index in [4.69, 9.17) is 9.84 Å². The van der Waals surface area contributed by atoms with Crippen molar-refractivity contribution in [1.29, 1.82) is 0 Å². The molecule has 0 aliphatic rings. The van der Waals surface area contributed by atoms with Crippen LogP contribution in [0.25, 0.3) is 0 Å². The lowest BCUT2D eigenvalue weighted by atomic mass is 10.1.